The van der Waals surface area contributed by atoms with Gasteiger partial charge in [0.25, 0.3) is 11.8 Å². The number of imide groups is 1. The number of rotatable bonds is 6. The minimum absolute atomic E-state index is 0.0183. The number of halogens is 2. The lowest BCUT2D eigenvalue weighted by Gasteiger charge is -2.15. The first kappa shape index (κ1) is 20.2. The van der Waals surface area contributed by atoms with E-state index in [0.29, 0.717) is 11.3 Å². The zero-order valence-corrected chi connectivity index (χ0v) is 16.4. The molecule has 0 bridgehead atoms. The molecule has 3 aromatic rings. The van der Waals surface area contributed by atoms with Gasteiger partial charge in [-0.3, -0.25) is 19.5 Å². The van der Waals surface area contributed by atoms with Crippen LogP contribution in [0.4, 0.5) is 14.5 Å². The summed E-state index contributed by atoms with van der Waals surface area (Å²) in [6.07, 6.45) is 3.14. The maximum atomic E-state index is 13.7. The molecule has 2 amide bonds. The highest BCUT2D eigenvalue weighted by molar-refractivity contribution is 6.36. The zero-order valence-electron chi connectivity index (χ0n) is 16.4. The van der Waals surface area contributed by atoms with E-state index in [1.54, 1.807) is 48.8 Å². The van der Waals surface area contributed by atoms with Gasteiger partial charge in [0, 0.05) is 24.1 Å². The van der Waals surface area contributed by atoms with Crippen LogP contribution in [0.2, 0.25) is 0 Å². The molecule has 0 fully saturated rings. The Morgan fingerprint density at radius 1 is 0.935 bits per heavy atom. The van der Waals surface area contributed by atoms with Crippen molar-refractivity contribution in [1.82, 2.24) is 9.88 Å². The van der Waals surface area contributed by atoms with Gasteiger partial charge in [0.15, 0.2) is 11.6 Å². The molecule has 0 atom stereocenters. The van der Waals surface area contributed by atoms with E-state index in [2.05, 4.69) is 10.3 Å². The van der Waals surface area contributed by atoms with Gasteiger partial charge in [0.05, 0.1) is 19.2 Å². The third-order valence-electron chi connectivity index (χ3n) is 4.83. The lowest BCUT2D eigenvalue weighted by molar-refractivity contribution is -0.137. The van der Waals surface area contributed by atoms with E-state index in [9.17, 15) is 18.4 Å². The molecule has 0 aliphatic carbocycles. The molecule has 6 nitrogen and oxygen atoms in total. The van der Waals surface area contributed by atoms with Gasteiger partial charge in [0.1, 0.15) is 11.4 Å². The highest BCUT2D eigenvalue weighted by Gasteiger charge is 2.39. The first-order valence-corrected chi connectivity index (χ1v) is 9.34. The van der Waals surface area contributed by atoms with Crippen LogP contribution in [0.5, 0.6) is 5.75 Å². The normalized spacial score (nSPS) is 13.7. The summed E-state index contributed by atoms with van der Waals surface area (Å²) < 4.78 is 32.1. The Morgan fingerprint density at radius 2 is 1.65 bits per heavy atom. The second-order valence-electron chi connectivity index (χ2n) is 6.78. The third-order valence-corrected chi connectivity index (χ3v) is 4.83. The van der Waals surface area contributed by atoms with Crippen molar-refractivity contribution in [3.8, 4) is 5.75 Å². The van der Waals surface area contributed by atoms with Crippen molar-refractivity contribution in [1.29, 1.82) is 0 Å². The molecule has 31 heavy (non-hydrogen) atoms. The first-order valence-electron chi connectivity index (χ1n) is 9.34. The number of nitrogens with one attached hydrogen (secondary N) is 1. The maximum absolute atomic E-state index is 13.7. The highest BCUT2D eigenvalue weighted by atomic mass is 19.2. The summed E-state index contributed by atoms with van der Waals surface area (Å²) in [7, 11) is 1.52. The molecule has 0 saturated heterocycles. The summed E-state index contributed by atoms with van der Waals surface area (Å²) in [5.74, 6) is -2.57. The molecule has 0 saturated carbocycles. The summed E-state index contributed by atoms with van der Waals surface area (Å²) in [6.45, 7) is 0.0444. The highest BCUT2D eigenvalue weighted by Crippen LogP contribution is 2.32. The van der Waals surface area contributed by atoms with Gasteiger partial charge < -0.3 is 10.1 Å². The number of carbonyl (C=O) groups excluding carboxylic acids is 2. The van der Waals surface area contributed by atoms with Crippen LogP contribution in [0.3, 0.4) is 0 Å². The van der Waals surface area contributed by atoms with E-state index in [4.69, 9.17) is 4.74 Å². The number of ether oxygens (including phenoxy) is 1. The number of hydrogen-bond donors (Lipinski definition) is 1. The molecular weight excluding hydrogens is 404 g/mol. The van der Waals surface area contributed by atoms with E-state index in [1.807, 2.05) is 0 Å². The number of hydrogen-bond acceptors (Lipinski definition) is 5. The molecule has 1 N–H and O–H groups in total. The van der Waals surface area contributed by atoms with Crippen molar-refractivity contribution in [2.75, 3.05) is 12.4 Å². The van der Waals surface area contributed by atoms with Gasteiger partial charge in [-0.05, 0) is 47.5 Å². The number of amides is 2. The standard InChI is InChI=1S/C23H17F2N3O3/c1-31-17-5-2-15(3-6-17)20-21(27-16-4-7-18(24)19(25)12-16)23(30)28(22(20)29)13-14-8-10-26-11-9-14/h2-12,27H,13H2,1H3. The number of carbonyl (C=O) groups is 2. The molecule has 1 aliphatic heterocycles. The van der Waals surface area contributed by atoms with E-state index in [0.717, 1.165) is 22.6 Å². The van der Waals surface area contributed by atoms with Crippen molar-refractivity contribution in [3.63, 3.8) is 0 Å². The number of anilines is 1. The molecule has 0 radical (unpaired) electrons. The van der Waals surface area contributed by atoms with Crippen LogP contribution >= 0.6 is 0 Å². The lowest BCUT2D eigenvalue weighted by atomic mass is 10.0. The van der Waals surface area contributed by atoms with Crippen LogP contribution < -0.4 is 10.1 Å². The van der Waals surface area contributed by atoms with Crippen LogP contribution in [0.1, 0.15) is 11.1 Å². The number of pyridine rings is 1. The van der Waals surface area contributed by atoms with E-state index >= 15 is 0 Å². The fourth-order valence-corrected chi connectivity index (χ4v) is 3.25. The van der Waals surface area contributed by atoms with Crippen LogP contribution in [-0.4, -0.2) is 28.8 Å². The van der Waals surface area contributed by atoms with Crippen molar-refractivity contribution in [3.05, 3.63) is 95.4 Å². The summed E-state index contributed by atoms with van der Waals surface area (Å²) in [5, 5.41) is 2.80. The fraction of sp³-hybridized carbons (Fsp3) is 0.0870. The second kappa shape index (κ2) is 8.35. The van der Waals surface area contributed by atoms with Crippen molar-refractivity contribution >= 4 is 23.1 Å². The lowest BCUT2D eigenvalue weighted by Crippen LogP contribution is -2.32. The molecule has 2 heterocycles. The van der Waals surface area contributed by atoms with Crippen molar-refractivity contribution in [2.24, 2.45) is 0 Å². The average Bonchev–Trinajstić information content (AvgIpc) is 3.01. The van der Waals surface area contributed by atoms with Crippen LogP contribution in [0.25, 0.3) is 5.57 Å². The molecule has 0 unspecified atom stereocenters. The molecular formula is C23H17F2N3O3. The molecule has 1 aliphatic rings. The molecule has 1 aromatic heterocycles. The zero-order chi connectivity index (χ0) is 22.0. The van der Waals surface area contributed by atoms with Gasteiger partial charge >= 0.3 is 0 Å². The van der Waals surface area contributed by atoms with Crippen LogP contribution in [0.15, 0.2) is 72.7 Å². The van der Waals surface area contributed by atoms with E-state index < -0.39 is 23.4 Å². The summed E-state index contributed by atoms with van der Waals surface area (Å²) in [5.41, 5.74) is 1.47. The van der Waals surface area contributed by atoms with Gasteiger partial charge in [-0.25, -0.2) is 8.78 Å². The van der Waals surface area contributed by atoms with E-state index in [-0.39, 0.29) is 23.5 Å². The SMILES string of the molecule is COc1ccc(C2=C(Nc3ccc(F)c(F)c3)C(=O)N(Cc3ccncc3)C2=O)cc1. The quantitative estimate of drug-likeness (QED) is 0.614. The predicted molar refractivity (Wildman–Crippen MR) is 110 cm³/mol. The summed E-state index contributed by atoms with van der Waals surface area (Å²) in [4.78, 5) is 31.4. The molecule has 156 valence electrons. The first-order chi connectivity index (χ1) is 15.0. The number of nitrogens with zero attached hydrogens (tertiary/aromatic N) is 2. The monoisotopic (exact) mass is 421 g/mol. The number of methoxy groups -OCH3 is 1. The maximum Gasteiger partial charge on any atom is 0.278 e. The minimum Gasteiger partial charge on any atom is -0.497 e. The van der Waals surface area contributed by atoms with Crippen LogP contribution in [-0.2, 0) is 16.1 Å². The second-order valence-corrected chi connectivity index (χ2v) is 6.78. The van der Waals surface area contributed by atoms with Crippen molar-refractivity contribution < 1.29 is 23.1 Å². The molecule has 2 aromatic carbocycles. The largest absolute Gasteiger partial charge is 0.497 e. The molecule has 8 heteroatoms. The van der Waals surface area contributed by atoms with Crippen molar-refractivity contribution in [2.45, 2.75) is 6.54 Å². The Balaban J connectivity index is 1.75. The molecule has 4 rings (SSSR count). The van der Waals surface area contributed by atoms with E-state index in [1.165, 1.54) is 13.2 Å². The summed E-state index contributed by atoms with van der Waals surface area (Å²) >= 11 is 0. The Morgan fingerprint density at radius 3 is 2.29 bits per heavy atom. The fourth-order valence-electron chi connectivity index (χ4n) is 3.25. The third kappa shape index (κ3) is 4.00. The molecule has 0 spiro atoms. The van der Waals surface area contributed by atoms with Gasteiger partial charge in [0.2, 0.25) is 0 Å². The smallest absolute Gasteiger partial charge is 0.278 e. The number of benzene rings is 2. The predicted octanol–water partition coefficient (Wildman–Crippen LogP) is 3.76. The van der Waals surface area contributed by atoms with Gasteiger partial charge in [-0.2, -0.15) is 0 Å². The van der Waals surface area contributed by atoms with Gasteiger partial charge in [-0.15, -0.1) is 0 Å². The Bertz CT molecular complexity index is 1180. The Hall–Kier alpha value is -4.07. The topological polar surface area (TPSA) is 71.5 Å². The average molecular weight is 421 g/mol. The Kier molecular flexibility index (Phi) is 5.44. The minimum atomic E-state index is -1.07. The van der Waals surface area contributed by atoms with Gasteiger partial charge in [-0.1, -0.05) is 12.1 Å². The summed E-state index contributed by atoms with van der Waals surface area (Å²) in [6, 6.07) is 13.2. The number of aromatic nitrogens is 1. The van der Waals surface area contributed by atoms with Crippen LogP contribution in [0, 0.1) is 11.6 Å². The Labute approximate surface area is 176 Å².